The first-order valence-corrected chi connectivity index (χ1v) is 5.52. The van der Waals surface area contributed by atoms with Crippen LogP contribution in [0.4, 0.5) is 11.4 Å². The van der Waals surface area contributed by atoms with Gasteiger partial charge in [0.25, 0.3) is 5.69 Å². The molecule has 0 aliphatic carbocycles. The number of nitro groups is 1. The lowest BCUT2D eigenvalue weighted by Crippen LogP contribution is -2.28. The van der Waals surface area contributed by atoms with E-state index in [1.165, 1.54) is 12.1 Å². The molecule has 0 bridgehead atoms. The van der Waals surface area contributed by atoms with Gasteiger partial charge in [-0.25, -0.2) is 0 Å². The number of carboxylic acid groups (broad SMARTS) is 1. The SMILES string of the molecule is Cc1ccc([N+](=O)[O-])cc1N(C)CC(C)C(=O)O. The summed E-state index contributed by atoms with van der Waals surface area (Å²) in [5, 5.41) is 19.6. The standard InChI is InChI=1S/C12H16N2O4/c1-8-4-5-10(14(17)18)6-11(8)13(3)7-9(2)12(15)16/h4-6,9H,7H2,1-3H3,(H,15,16). The molecule has 18 heavy (non-hydrogen) atoms. The Bertz CT molecular complexity index is 473. The molecule has 1 rings (SSSR count). The minimum Gasteiger partial charge on any atom is -0.481 e. The van der Waals surface area contributed by atoms with Crippen LogP contribution in [-0.2, 0) is 4.79 Å². The number of carbonyl (C=O) groups is 1. The summed E-state index contributed by atoms with van der Waals surface area (Å²) < 4.78 is 0. The van der Waals surface area contributed by atoms with Gasteiger partial charge in [-0.05, 0) is 12.5 Å². The first-order chi connectivity index (χ1) is 8.32. The van der Waals surface area contributed by atoms with Gasteiger partial charge < -0.3 is 10.0 Å². The third-order valence-corrected chi connectivity index (χ3v) is 2.78. The Morgan fingerprint density at radius 2 is 2.17 bits per heavy atom. The number of aryl methyl sites for hydroxylation is 1. The van der Waals surface area contributed by atoms with Crippen LogP contribution in [0.25, 0.3) is 0 Å². The molecule has 6 heteroatoms. The maximum absolute atomic E-state index is 10.8. The zero-order chi connectivity index (χ0) is 13.9. The number of hydrogen-bond acceptors (Lipinski definition) is 4. The van der Waals surface area contributed by atoms with Crippen molar-refractivity contribution < 1.29 is 14.8 Å². The van der Waals surface area contributed by atoms with Crippen LogP contribution in [0.3, 0.4) is 0 Å². The summed E-state index contributed by atoms with van der Waals surface area (Å²) in [5.74, 6) is -1.42. The second-order valence-corrected chi connectivity index (χ2v) is 4.35. The van der Waals surface area contributed by atoms with E-state index >= 15 is 0 Å². The molecule has 0 aromatic heterocycles. The van der Waals surface area contributed by atoms with E-state index in [-0.39, 0.29) is 5.69 Å². The van der Waals surface area contributed by atoms with Gasteiger partial charge in [-0.1, -0.05) is 13.0 Å². The molecule has 0 fully saturated rings. The number of benzene rings is 1. The monoisotopic (exact) mass is 252 g/mol. The minimum absolute atomic E-state index is 0.00503. The number of aliphatic carboxylic acids is 1. The van der Waals surface area contributed by atoms with Gasteiger partial charge in [0.05, 0.1) is 10.8 Å². The lowest BCUT2D eigenvalue weighted by atomic mass is 10.1. The fraction of sp³-hybridized carbons (Fsp3) is 0.417. The van der Waals surface area contributed by atoms with Gasteiger partial charge in [-0.15, -0.1) is 0 Å². The zero-order valence-corrected chi connectivity index (χ0v) is 10.6. The molecule has 0 amide bonds. The molecule has 0 aliphatic rings. The predicted octanol–water partition coefficient (Wildman–Crippen LogP) is 2.06. The Morgan fingerprint density at radius 3 is 2.67 bits per heavy atom. The predicted molar refractivity (Wildman–Crippen MR) is 67.9 cm³/mol. The number of anilines is 1. The van der Waals surface area contributed by atoms with E-state index in [1.54, 1.807) is 24.9 Å². The maximum atomic E-state index is 10.8. The van der Waals surface area contributed by atoms with Crippen molar-refractivity contribution in [2.24, 2.45) is 5.92 Å². The first-order valence-electron chi connectivity index (χ1n) is 5.52. The summed E-state index contributed by atoms with van der Waals surface area (Å²) in [7, 11) is 1.73. The summed E-state index contributed by atoms with van der Waals surface area (Å²) in [5.41, 5.74) is 1.56. The quantitative estimate of drug-likeness (QED) is 0.640. The van der Waals surface area contributed by atoms with Crippen LogP contribution in [0, 0.1) is 23.0 Å². The van der Waals surface area contributed by atoms with Crippen molar-refractivity contribution in [2.45, 2.75) is 13.8 Å². The van der Waals surface area contributed by atoms with Gasteiger partial charge in [-0.3, -0.25) is 14.9 Å². The summed E-state index contributed by atoms with van der Waals surface area (Å²) >= 11 is 0. The highest BCUT2D eigenvalue weighted by molar-refractivity contribution is 5.70. The van der Waals surface area contributed by atoms with Crippen LogP contribution in [0.1, 0.15) is 12.5 Å². The van der Waals surface area contributed by atoms with Gasteiger partial charge in [0.2, 0.25) is 0 Å². The molecule has 98 valence electrons. The molecule has 1 atom stereocenters. The first kappa shape index (κ1) is 14.0. The average molecular weight is 252 g/mol. The van der Waals surface area contributed by atoms with Gasteiger partial charge in [0.15, 0.2) is 0 Å². The third kappa shape index (κ3) is 3.19. The minimum atomic E-state index is -0.884. The Hall–Kier alpha value is -2.11. The lowest BCUT2D eigenvalue weighted by molar-refractivity contribution is -0.384. The average Bonchev–Trinajstić information content (AvgIpc) is 2.28. The third-order valence-electron chi connectivity index (χ3n) is 2.78. The van der Waals surface area contributed by atoms with Crippen LogP contribution in [0.5, 0.6) is 0 Å². The number of non-ortho nitro benzene ring substituents is 1. The van der Waals surface area contributed by atoms with Crippen LogP contribution in [0.15, 0.2) is 18.2 Å². The molecule has 0 heterocycles. The molecular weight excluding hydrogens is 236 g/mol. The summed E-state index contributed by atoms with van der Waals surface area (Å²) in [6, 6.07) is 4.56. The van der Waals surface area contributed by atoms with Crippen LogP contribution in [0.2, 0.25) is 0 Å². The van der Waals surface area contributed by atoms with E-state index in [9.17, 15) is 14.9 Å². The molecule has 0 saturated heterocycles. The molecule has 6 nitrogen and oxygen atoms in total. The van der Waals surface area contributed by atoms with E-state index in [1.807, 2.05) is 6.92 Å². The summed E-state index contributed by atoms with van der Waals surface area (Å²) in [4.78, 5) is 22.8. The van der Waals surface area contributed by atoms with E-state index in [0.29, 0.717) is 12.2 Å². The summed E-state index contributed by atoms with van der Waals surface area (Å²) in [6.07, 6.45) is 0. The van der Waals surface area contributed by atoms with Crippen molar-refractivity contribution in [2.75, 3.05) is 18.5 Å². The normalized spacial score (nSPS) is 11.9. The number of hydrogen-bond donors (Lipinski definition) is 1. The van der Waals surface area contributed by atoms with Gasteiger partial charge in [0.1, 0.15) is 0 Å². The maximum Gasteiger partial charge on any atom is 0.308 e. The number of nitro benzene ring substituents is 1. The number of nitrogens with zero attached hydrogens (tertiary/aromatic N) is 2. The molecule has 0 spiro atoms. The molecule has 0 aliphatic heterocycles. The largest absolute Gasteiger partial charge is 0.481 e. The van der Waals surface area contributed by atoms with Gasteiger partial charge >= 0.3 is 5.97 Å². The highest BCUT2D eigenvalue weighted by Gasteiger charge is 2.17. The van der Waals surface area contributed by atoms with Crippen LogP contribution in [-0.4, -0.2) is 29.6 Å². The van der Waals surface area contributed by atoms with Crippen molar-refractivity contribution in [3.63, 3.8) is 0 Å². The topological polar surface area (TPSA) is 83.7 Å². The summed E-state index contributed by atoms with van der Waals surface area (Å²) in [6.45, 7) is 3.74. The van der Waals surface area contributed by atoms with Crippen molar-refractivity contribution in [1.29, 1.82) is 0 Å². The lowest BCUT2D eigenvalue weighted by Gasteiger charge is -2.23. The highest BCUT2D eigenvalue weighted by Crippen LogP contribution is 2.25. The molecule has 0 saturated carbocycles. The Morgan fingerprint density at radius 1 is 1.56 bits per heavy atom. The van der Waals surface area contributed by atoms with Gasteiger partial charge in [-0.2, -0.15) is 0 Å². The van der Waals surface area contributed by atoms with E-state index in [4.69, 9.17) is 5.11 Å². The van der Waals surface area contributed by atoms with E-state index < -0.39 is 16.8 Å². The van der Waals surface area contributed by atoms with Crippen molar-refractivity contribution >= 4 is 17.3 Å². The van der Waals surface area contributed by atoms with Crippen molar-refractivity contribution in [3.05, 3.63) is 33.9 Å². The molecule has 0 radical (unpaired) electrons. The van der Waals surface area contributed by atoms with Crippen LogP contribution < -0.4 is 4.90 Å². The smallest absolute Gasteiger partial charge is 0.308 e. The second kappa shape index (κ2) is 5.48. The fourth-order valence-electron chi connectivity index (χ4n) is 1.71. The highest BCUT2D eigenvalue weighted by atomic mass is 16.6. The van der Waals surface area contributed by atoms with E-state index in [0.717, 1.165) is 5.56 Å². The second-order valence-electron chi connectivity index (χ2n) is 4.35. The van der Waals surface area contributed by atoms with E-state index in [2.05, 4.69) is 0 Å². The Labute approximate surface area is 105 Å². The number of carboxylic acids is 1. The van der Waals surface area contributed by atoms with Gasteiger partial charge in [0, 0.05) is 31.4 Å². The van der Waals surface area contributed by atoms with Crippen LogP contribution >= 0.6 is 0 Å². The molecule has 1 aromatic carbocycles. The number of rotatable bonds is 5. The molecule has 1 N–H and O–H groups in total. The van der Waals surface area contributed by atoms with Crippen molar-refractivity contribution in [3.8, 4) is 0 Å². The Kier molecular flexibility index (Phi) is 4.25. The Balaban J connectivity index is 2.97. The zero-order valence-electron chi connectivity index (χ0n) is 10.6. The van der Waals surface area contributed by atoms with Crippen molar-refractivity contribution in [1.82, 2.24) is 0 Å². The molecule has 1 unspecified atom stereocenters. The fourth-order valence-corrected chi connectivity index (χ4v) is 1.71. The molecular formula is C12H16N2O4. The molecule has 1 aromatic rings.